The molecule has 1 unspecified atom stereocenters. The summed E-state index contributed by atoms with van der Waals surface area (Å²) in [6, 6.07) is 18.3. The molecular formula is C29H25ClN2O4S. The first-order valence-corrected chi connectivity index (χ1v) is 13.0. The summed E-state index contributed by atoms with van der Waals surface area (Å²) in [7, 11) is 1.61. The van der Waals surface area contributed by atoms with Gasteiger partial charge in [-0.05, 0) is 61.4 Å². The number of esters is 1. The largest absolute Gasteiger partial charge is 0.496 e. The smallest absolute Gasteiger partial charge is 0.338 e. The van der Waals surface area contributed by atoms with E-state index in [1.165, 1.54) is 11.3 Å². The molecule has 188 valence electrons. The Morgan fingerprint density at radius 2 is 1.84 bits per heavy atom. The molecule has 0 N–H and O–H groups in total. The van der Waals surface area contributed by atoms with E-state index in [9.17, 15) is 9.59 Å². The fourth-order valence-corrected chi connectivity index (χ4v) is 5.71. The first-order chi connectivity index (χ1) is 17.8. The van der Waals surface area contributed by atoms with E-state index >= 15 is 0 Å². The molecule has 0 bridgehead atoms. The van der Waals surface area contributed by atoms with Crippen molar-refractivity contribution in [2.45, 2.75) is 32.9 Å². The predicted molar refractivity (Wildman–Crippen MR) is 147 cm³/mol. The number of hydrogen-bond donors (Lipinski definition) is 0. The molecule has 0 amide bonds. The maximum atomic E-state index is 13.9. The van der Waals surface area contributed by atoms with E-state index in [-0.39, 0.29) is 11.7 Å². The van der Waals surface area contributed by atoms with E-state index in [2.05, 4.69) is 4.99 Å². The summed E-state index contributed by atoms with van der Waals surface area (Å²) in [5.41, 5.74) is 2.15. The van der Waals surface area contributed by atoms with Crippen LogP contribution in [0.15, 0.2) is 81.7 Å². The monoisotopic (exact) mass is 532 g/mol. The van der Waals surface area contributed by atoms with E-state index in [4.69, 9.17) is 21.1 Å². The van der Waals surface area contributed by atoms with Crippen LogP contribution in [-0.4, -0.2) is 23.8 Å². The van der Waals surface area contributed by atoms with E-state index in [1.807, 2.05) is 54.6 Å². The quantitative estimate of drug-likeness (QED) is 0.339. The Kier molecular flexibility index (Phi) is 6.75. The summed E-state index contributed by atoms with van der Waals surface area (Å²) in [5, 5.41) is 2.57. The number of rotatable bonds is 5. The van der Waals surface area contributed by atoms with Gasteiger partial charge >= 0.3 is 5.97 Å². The molecule has 37 heavy (non-hydrogen) atoms. The molecule has 1 aliphatic heterocycles. The molecule has 4 aromatic rings. The van der Waals surface area contributed by atoms with Crippen LogP contribution < -0.4 is 19.6 Å². The predicted octanol–water partition coefficient (Wildman–Crippen LogP) is 5.00. The average molecular weight is 533 g/mol. The third-order valence-corrected chi connectivity index (χ3v) is 7.43. The number of allylic oxidation sites excluding steroid dienone is 1. The van der Waals surface area contributed by atoms with Crippen molar-refractivity contribution in [1.29, 1.82) is 0 Å². The van der Waals surface area contributed by atoms with Crippen molar-refractivity contribution in [3.8, 4) is 5.75 Å². The second-order valence-corrected chi connectivity index (χ2v) is 10.4. The van der Waals surface area contributed by atoms with Gasteiger partial charge in [0.15, 0.2) is 4.80 Å². The molecule has 0 saturated carbocycles. The Morgan fingerprint density at radius 3 is 2.54 bits per heavy atom. The van der Waals surface area contributed by atoms with Crippen LogP contribution in [-0.2, 0) is 9.53 Å². The highest BCUT2D eigenvalue weighted by molar-refractivity contribution is 7.07. The number of fused-ring (bicyclic) bond motifs is 2. The van der Waals surface area contributed by atoms with Crippen LogP contribution in [0.5, 0.6) is 5.75 Å². The highest BCUT2D eigenvalue weighted by Gasteiger charge is 2.33. The van der Waals surface area contributed by atoms with E-state index < -0.39 is 12.0 Å². The minimum atomic E-state index is -0.698. The van der Waals surface area contributed by atoms with Crippen molar-refractivity contribution in [2.24, 2.45) is 4.99 Å². The van der Waals surface area contributed by atoms with E-state index in [0.29, 0.717) is 31.4 Å². The molecule has 1 aliphatic rings. The average Bonchev–Trinajstić information content (AvgIpc) is 3.17. The summed E-state index contributed by atoms with van der Waals surface area (Å²) >= 11 is 7.42. The molecule has 0 spiro atoms. The molecule has 0 radical (unpaired) electrons. The molecular weight excluding hydrogens is 508 g/mol. The van der Waals surface area contributed by atoms with Gasteiger partial charge in [-0.2, -0.15) is 0 Å². The lowest BCUT2D eigenvalue weighted by Crippen LogP contribution is -2.40. The van der Waals surface area contributed by atoms with E-state index in [1.54, 1.807) is 44.6 Å². The van der Waals surface area contributed by atoms with Gasteiger partial charge in [0.25, 0.3) is 5.56 Å². The van der Waals surface area contributed by atoms with Gasteiger partial charge in [-0.15, -0.1) is 0 Å². The number of halogens is 1. The summed E-state index contributed by atoms with van der Waals surface area (Å²) in [4.78, 5) is 32.3. The van der Waals surface area contributed by atoms with Gasteiger partial charge in [-0.1, -0.05) is 65.4 Å². The minimum Gasteiger partial charge on any atom is -0.496 e. The first kappa shape index (κ1) is 25.0. The number of thiazole rings is 1. The van der Waals surface area contributed by atoms with Crippen LogP contribution in [0.4, 0.5) is 0 Å². The number of ether oxygens (including phenoxy) is 2. The van der Waals surface area contributed by atoms with Crippen LogP contribution in [0.2, 0.25) is 5.02 Å². The van der Waals surface area contributed by atoms with Gasteiger partial charge in [-0.3, -0.25) is 9.36 Å². The number of hydrogen-bond acceptors (Lipinski definition) is 6. The zero-order chi connectivity index (χ0) is 26.3. The zero-order valence-electron chi connectivity index (χ0n) is 20.8. The van der Waals surface area contributed by atoms with Gasteiger partial charge in [0.1, 0.15) is 5.75 Å². The summed E-state index contributed by atoms with van der Waals surface area (Å²) in [6.45, 7) is 5.35. The van der Waals surface area contributed by atoms with Crippen molar-refractivity contribution >= 4 is 45.8 Å². The van der Waals surface area contributed by atoms with Crippen LogP contribution in [0.1, 0.15) is 37.9 Å². The third kappa shape index (κ3) is 4.61. The topological polar surface area (TPSA) is 69.9 Å². The summed E-state index contributed by atoms with van der Waals surface area (Å²) in [5.74, 6) is 0.164. The van der Waals surface area contributed by atoms with Gasteiger partial charge in [0, 0.05) is 10.6 Å². The van der Waals surface area contributed by atoms with Gasteiger partial charge in [0.2, 0.25) is 0 Å². The van der Waals surface area contributed by atoms with E-state index in [0.717, 1.165) is 21.9 Å². The molecule has 6 nitrogen and oxygen atoms in total. The van der Waals surface area contributed by atoms with Gasteiger partial charge in [0.05, 0.1) is 35.1 Å². The van der Waals surface area contributed by atoms with Crippen LogP contribution in [0, 0.1) is 0 Å². The van der Waals surface area contributed by atoms with Gasteiger partial charge < -0.3 is 9.47 Å². The summed E-state index contributed by atoms with van der Waals surface area (Å²) in [6.07, 6.45) is 1.53. The Hall–Kier alpha value is -3.68. The molecule has 5 rings (SSSR count). The Bertz CT molecular complexity index is 1730. The highest BCUT2D eigenvalue weighted by Crippen LogP contribution is 2.32. The molecule has 1 atom stereocenters. The molecule has 8 heteroatoms. The Labute approximate surface area is 222 Å². The number of aromatic nitrogens is 1. The molecule has 3 aromatic carbocycles. The number of carbonyl (C=O) groups excluding carboxylic acids is 1. The van der Waals surface area contributed by atoms with Crippen LogP contribution >= 0.6 is 22.9 Å². The van der Waals surface area contributed by atoms with Crippen molar-refractivity contribution in [3.05, 3.63) is 108 Å². The standard InChI is InChI=1S/C29H25ClN2O4S/c1-16(2)36-28(34)25-17(3)31-29-32(26(25)19-9-12-20(30)13-10-19)27(33)24(37-29)15-22-21-8-6-5-7-18(21)11-14-23(22)35-4/h5-16,26H,1-4H3/b24-15+. The highest BCUT2D eigenvalue weighted by atomic mass is 35.5. The normalized spacial score (nSPS) is 15.6. The first-order valence-electron chi connectivity index (χ1n) is 11.8. The Morgan fingerprint density at radius 1 is 1.11 bits per heavy atom. The fourth-order valence-electron chi connectivity index (χ4n) is 4.55. The third-order valence-electron chi connectivity index (χ3n) is 6.20. The molecule has 0 aliphatic carbocycles. The molecule has 2 heterocycles. The summed E-state index contributed by atoms with van der Waals surface area (Å²) < 4.78 is 13.2. The number of benzene rings is 3. The number of methoxy groups -OCH3 is 1. The minimum absolute atomic E-state index is 0.249. The number of carbonyl (C=O) groups is 1. The Balaban J connectivity index is 1.77. The molecule has 0 saturated heterocycles. The maximum Gasteiger partial charge on any atom is 0.338 e. The van der Waals surface area contributed by atoms with Crippen molar-refractivity contribution in [1.82, 2.24) is 4.57 Å². The van der Waals surface area contributed by atoms with Crippen molar-refractivity contribution in [3.63, 3.8) is 0 Å². The van der Waals surface area contributed by atoms with Crippen LogP contribution in [0.25, 0.3) is 16.8 Å². The molecule has 1 aromatic heterocycles. The fraction of sp³-hybridized carbons (Fsp3) is 0.207. The van der Waals surface area contributed by atoms with Crippen LogP contribution in [0.3, 0.4) is 0 Å². The maximum absolute atomic E-state index is 13.9. The lowest BCUT2D eigenvalue weighted by Gasteiger charge is -2.25. The lowest BCUT2D eigenvalue weighted by molar-refractivity contribution is -0.143. The molecule has 0 fully saturated rings. The van der Waals surface area contributed by atoms with Gasteiger partial charge in [-0.25, -0.2) is 9.79 Å². The second kappa shape index (κ2) is 10.00. The van der Waals surface area contributed by atoms with Crippen molar-refractivity contribution in [2.75, 3.05) is 7.11 Å². The van der Waals surface area contributed by atoms with Crippen molar-refractivity contribution < 1.29 is 14.3 Å². The second-order valence-electron chi connectivity index (χ2n) is 8.99. The zero-order valence-corrected chi connectivity index (χ0v) is 22.4. The number of nitrogens with zero attached hydrogens (tertiary/aromatic N) is 2. The lowest BCUT2D eigenvalue weighted by atomic mass is 9.96. The SMILES string of the molecule is COc1ccc2ccccc2c1/C=c1/sc2n(c1=O)C(c1ccc(Cl)cc1)C(C(=O)OC(C)C)=C(C)N=2.